The number of nitrogens with one attached hydrogen (secondary N) is 1. The van der Waals surface area contributed by atoms with E-state index in [1.165, 1.54) is 27.9 Å². The van der Waals surface area contributed by atoms with Crippen molar-refractivity contribution in [1.82, 2.24) is 10.2 Å². The van der Waals surface area contributed by atoms with E-state index < -0.39 is 0 Å². The third kappa shape index (κ3) is 4.18. The molecule has 1 heterocycles. The number of aryl methyl sites for hydroxylation is 4. The summed E-state index contributed by atoms with van der Waals surface area (Å²) < 4.78 is 0. The SMILES string of the molecule is Cc1cccc(CNC(=O)N2CCN(c3c(C)cc(C)cc3C)CC2)c1. The van der Waals surface area contributed by atoms with E-state index in [2.05, 4.69) is 62.2 Å². The van der Waals surface area contributed by atoms with Crippen LogP contribution in [-0.2, 0) is 6.54 Å². The lowest BCUT2D eigenvalue weighted by Crippen LogP contribution is -2.52. The van der Waals surface area contributed by atoms with E-state index >= 15 is 0 Å². The molecule has 4 heteroatoms. The lowest BCUT2D eigenvalue weighted by atomic mass is 10.0. The monoisotopic (exact) mass is 351 g/mol. The Bertz CT molecular complexity index is 769. The molecule has 3 rings (SSSR count). The molecule has 1 fully saturated rings. The number of anilines is 1. The number of amides is 2. The van der Waals surface area contributed by atoms with Gasteiger partial charge in [-0.2, -0.15) is 0 Å². The molecular formula is C22H29N3O. The van der Waals surface area contributed by atoms with Gasteiger partial charge in [0.2, 0.25) is 0 Å². The lowest BCUT2D eigenvalue weighted by molar-refractivity contribution is 0.194. The normalized spacial score (nSPS) is 14.5. The standard InChI is InChI=1S/C22H29N3O/c1-16-6-5-7-20(14-16)15-23-22(26)25-10-8-24(9-11-25)21-18(3)12-17(2)13-19(21)4/h5-7,12-14H,8-11,15H2,1-4H3,(H,23,26). The maximum absolute atomic E-state index is 12.5. The average molecular weight is 351 g/mol. The molecule has 2 aromatic carbocycles. The van der Waals surface area contributed by atoms with Crippen molar-refractivity contribution in [3.8, 4) is 0 Å². The molecule has 4 nitrogen and oxygen atoms in total. The zero-order chi connectivity index (χ0) is 18.7. The zero-order valence-corrected chi connectivity index (χ0v) is 16.3. The molecular weight excluding hydrogens is 322 g/mol. The summed E-state index contributed by atoms with van der Waals surface area (Å²) >= 11 is 0. The maximum atomic E-state index is 12.5. The molecule has 0 atom stereocenters. The van der Waals surface area contributed by atoms with Crippen LogP contribution in [0.4, 0.5) is 10.5 Å². The van der Waals surface area contributed by atoms with Crippen molar-refractivity contribution in [3.05, 3.63) is 64.2 Å². The number of hydrogen-bond acceptors (Lipinski definition) is 2. The van der Waals surface area contributed by atoms with Gasteiger partial charge < -0.3 is 15.1 Å². The van der Waals surface area contributed by atoms with Crippen molar-refractivity contribution in [3.63, 3.8) is 0 Å². The second-order valence-corrected chi connectivity index (χ2v) is 7.37. The van der Waals surface area contributed by atoms with Gasteiger partial charge in [0.25, 0.3) is 0 Å². The highest BCUT2D eigenvalue weighted by Gasteiger charge is 2.22. The predicted molar refractivity (Wildman–Crippen MR) is 108 cm³/mol. The molecule has 26 heavy (non-hydrogen) atoms. The van der Waals surface area contributed by atoms with Crippen LogP contribution in [-0.4, -0.2) is 37.1 Å². The zero-order valence-electron chi connectivity index (χ0n) is 16.3. The second-order valence-electron chi connectivity index (χ2n) is 7.37. The Labute approximate surface area is 156 Å². The summed E-state index contributed by atoms with van der Waals surface area (Å²) in [6, 6.07) is 12.8. The van der Waals surface area contributed by atoms with Gasteiger partial charge in [0.1, 0.15) is 0 Å². The van der Waals surface area contributed by atoms with Gasteiger partial charge in [-0.05, 0) is 44.4 Å². The molecule has 0 saturated carbocycles. The highest BCUT2D eigenvalue weighted by atomic mass is 16.2. The topological polar surface area (TPSA) is 35.6 Å². The molecule has 0 bridgehead atoms. The minimum absolute atomic E-state index is 0.0310. The number of piperazine rings is 1. The van der Waals surface area contributed by atoms with E-state index in [1.807, 2.05) is 17.0 Å². The fourth-order valence-corrected chi connectivity index (χ4v) is 3.92. The fourth-order valence-electron chi connectivity index (χ4n) is 3.92. The highest BCUT2D eigenvalue weighted by molar-refractivity contribution is 5.74. The van der Waals surface area contributed by atoms with Gasteiger partial charge in [-0.1, -0.05) is 47.5 Å². The van der Waals surface area contributed by atoms with E-state index in [0.717, 1.165) is 31.7 Å². The van der Waals surface area contributed by atoms with Gasteiger partial charge in [0.15, 0.2) is 0 Å². The van der Waals surface area contributed by atoms with Gasteiger partial charge >= 0.3 is 6.03 Å². The minimum Gasteiger partial charge on any atom is -0.368 e. The summed E-state index contributed by atoms with van der Waals surface area (Å²) in [5.74, 6) is 0. The number of rotatable bonds is 3. The van der Waals surface area contributed by atoms with E-state index in [9.17, 15) is 4.79 Å². The second kappa shape index (κ2) is 7.81. The summed E-state index contributed by atoms with van der Waals surface area (Å²) in [5, 5.41) is 3.05. The van der Waals surface area contributed by atoms with E-state index in [-0.39, 0.29) is 6.03 Å². The number of carbonyl (C=O) groups excluding carboxylic acids is 1. The van der Waals surface area contributed by atoms with Crippen LogP contribution in [0.2, 0.25) is 0 Å². The van der Waals surface area contributed by atoms with Crippen LogP contribution in [0.25, 0.3) is 0 Å². The molecule has 0 aromatic heterocycles. The number of nitrogens with zero attached hydrogens (tertiary/aromatic N) is 2. The Hall–Kier alpha value is -2.49. The molecule has 1 N–H and O–H groups in total. The highest BCUT2D eigenvalue weighted by Crippen LogP contribution is 2.27. The van der Waals surface area contributed by atoms with Crippen LogP contribution in [0.3, 0.4) is 0 Å². The summed E-state index contributed by atoms with van der Waals surface area (Å²) in [4.78, 5) is 16.8. The van der Waals surface area contributed by atoms with Crippen molar-refractivity contribution in [1.29, 1.82) is 0 Å². The molecule has 138 valence electrons. The van der Waals surface area contributed by atoms with Crippen LogP contribution in [0.1, 0.15) is 27.8 Å². The summed E-state index contributed by atoms with van der Waals surface area (Å²) in [7, 11) is 0. The molecule has 2 amide bonds. The smallest absolute Gasteiger partial charge is 0.317 e. The number of carbonyl (C=O) groups is 1. The van der Waals surface area contributed by atoms with Crippen molar-refractivity contribution in [2.75, 3.05) is 31.1 Å². The lowest BCUT2D eigenvalue weighted by Gasteiger charge is -2.37. The van der Waals surface area contributed by atoms with Gasteiger partial charge in [0.05, 0.1) is 0 Å². The number of hydrogen-bond donors (Lipinski definition) is 1. The first-order valence-electron chi connectivity index (χ1n) is 9.35. The molecule has 1 aliphatic rings. The maximum Gasteiger partial charge on any atom is 0.317 e. The Morgan fingerprint density at radius 2 is 1.58 bits per heavy atom. The van der Waals surface area contributed by atoms with Crippen LogP contribution >= 0.6 is 0 Å². The first-order chi connectivity index (χ1) is 12.4. The van der Waals surface area contributed by atoms with Crippen LogP contribution < -0.4 is 10.2 Å². The predicted octanol–water partition coefficient (Wildman–Crippen LogP) is 3.95. The van der Waals surface area contributed by atoms with E-state index in [4.69, 9.17) is 0 Å². The van der Waals surface area contributed by atoms with Crippen LogP contribution in [0.15, 0.2) is 36.4 Å². The molecule has 1 saturated heterocycles. The summed E-state index contributed by atoms with van der Waals surface area (Å²) in [6.07, 6.45) is 0. The van der Waals surface area contributed by atoms with Crippen molar-refractivity contribution < 1.29 is 4.79 Å². The molecule has 0 aliphatic carbocycles. The van der Waals surface area contributed by atoms with Gasteiger partial charge in [-0.3, -0.25) is 0 Å². The Morgan fingerprint density at radius 3 is 2.19 bits per heavy atom. The average Bonchev–Trinajstić information content (AvgIpc) is 2.59. The van der Waals surface area contributed by atoms with E-state index in [0.29, 0.717) is 6.54 Å². The quantitative estimate of drug-likeness (QED) is 0.909. The fraction of sp³-hybridized carbons (Fsp3) is 0.409. The van der Waals surface area contributed by atoms with Gasteiger partial charge in [0, 0.05) is 38.4 Å². The largest absolute Gasteiger partial charge is 0.368 e. The summed E-state index contributed by atoms with van der Waals surface area (Å²) in [5.41, 5.74) is 7.63. The number of benzene rings is 2. The molecule has 0 unspecified atom stereocenters. The van der Waals surface area contributed by atoms with Crippen molar-refractivity contribution in [2.45, 2.75) is 34.2 Å². The first kappa shape index (κ1) is 18.3. The molecule has 2 aromatic rings. The first-order valence-corrected chi connectivity index (χ1v) is 9.35. The van der Waals surface area contributed by atoms with Gasteiger partial charge in [-0.15, -0.1) is 0 Å². The Kier molecular flexibility index (Phi) is 5.50. The Balaban J connectivity index is 1.56. The number of urea groups is 1. The van der Waals surface area contributed by atoms with Crippen LogP contribution in [0.5, 0.6) is 0 Å². The minimum atomic E-state index is 0.0310. The molecule has 0 radical (unpaired) electrons. The third-order valence-electron chi connectivity index (χ3n) is 5.04. The molecule has 1 aliphatic heterocycles. The van der Waals surface area contributed by atoms with Gasteiger partial charge in [-0.25, -0.2) is 4.79 Å². The Morgan fingerprint density at radius 1 is 0.923 bits per heavy atom. The summed E-state index contributed by atoms with van der Waals surface area (Å²) in [6.45, 7) is 12.4. The van der Waals surface area contributed by atoms with E-state index in [1.54, 1.807) is 0 Å². The van der Waals surface area contributed by atoms with Crippen LogP contribution in [0, 0.1) is 27.7 Å². The molecule has 0 spiro atoms. The van der Waals surface area contributed by atoms with Crippen molar-refractivity contribution >= 4 is 11.7 Å². The van der Waals surface area contributed by atoms with Crippen molar-refractivity contribution in [2.24, 2.45) is 0 Å². The third-order valence-corrected chi connectivity index (χ3v) is 5.04.